The minimum Gasteiger partial charge on any atom is -0.394 e. The molecule has 0 spiro atoms. The summed E-state index contributed by atoms with van der Waals surface area (Å²) in [5, 5.41) is 52.2. The summed E-state index contributed by atoms with van der Waals surface area (Å²) in [5.41, 5.74) is 15.4. The average Bonchev–Trinajstić information content (AvgIpc) is 2.53. The predicted octanol–water partition coefficient (Wildman–Crippen LogP) is -5.15. The molecule has 0 amide bonds. The van der Waals surface area contributed by atoms with Crippen LogP contribution in [-0.4, -0.2) is 90.0 Å². The predicted molar refractivity (Wildman–Crippen MR) is 78.4 cm³/mol. The molecule has 0 aliphatic rings. The van der Waals surface area contributed by atoms with Crippen LogP contribution in [0.1, 0.15) is 0 Å². The maximum Gasteiger partial charge on any atom is 0.226 e. The van der Waals surface area contributed by atoms with Crippen LogP contribution in [0, 0.1) is 0 Å². The van der Waals surface area contributed by atoms with Crippen LogP contribution in [-0.2, 0) is 4.79 Å². The summed E-state index contributed by atoms with van der Waals surface area (Å²) in [5.74, 6) is 0.125. The Labute approximate surface area is 131 Å². The molecule has 23 heavy (non-hydrogen) atoms. The monoisotopic (exact) mass is 338 g/mol. The Morgan fingerprint density at radius 2 is 0.957 bits per heavy atom. The van der Waals surface area contributed by atoms with E-state index in [4.69, 9.17) is 52.6 Å². The van der Waals surface area contributed by atoms with Gasteiger partial charge in [-0.25, -0.2) is 0 Å². The molecule has 0 bridgehead atoms. The molecule has 13 nitrogen and oxygen atoms in total. The molecule has 1 heterocycles. The maximum absolute atomic E-state index is 8.96. The van der Waals surface area contributed by atoms with E-state index >= 15 is 0 Å². The number of nitrogens with two attached hydrogens (primary N) is 3. The van der Waals surface area contributed by atoms with Crippen LogP contribution >= 0.6 is 0 Å². The van der Waals surface area contributed by atoms with Crippen molar-refractivity contribution in [2.45, 2.75) is 24.4 Å². The Morgan fingerprint density at radius 1 is 0.739 bits per heavy atom. The van der Waals surface area contributed by atoms with Gasteiger partial charge in [-0.3, -0.25) is 0 Å². The van der Waals surface area contributed by atoms with Crippen molar-refractivity contribution in [3.63, 3.8) is 0 Å². The molecule has 4 atom stereocenters. The summed E-state index contributed by atoms with van der Waals surface area (Å²) in [6.07, 6.45) is -6.39. The van der Waals surface area contributed by atoms with E-state index in [1.165, 1.54) is 0 Å². The molecule has 1 rings (SSSR count). The van der Waals surface area contributed by atoms with Gasteiger partial charge in [-0.05, 0) is 0 Å². The Morgan fingerprint density at radius 3 is 1.13 bits per heavy atom. The number of carbonyl (C=O) groups is 1. The lowest BCUT2D eigenvalue weighted by Gasteiger charge is -2.24. The van der Waals surface area contributed by atoms with Crippen LogP contribution in [0.25, 0.3) is 0 Å². The highest BCUT2D eigenvalue weighted by Gasteiger charge is 2.29. The number of nitrogens with zero attached hydrogens (tertiary/aromatic N) is 3. The van der Waals surface area contributed by atoms with Crippen LogP contribution in [0.15, 0.2) is 0 Å². The highest BCUT2D eigenvalue weighted by atomic mass is 16.4. The topological polar surface area (TPSA) is 255 Å². The van der Waals surface area contributed by atoms with Crippen LogP contribution in [0.3, 0.4) is 0 Å². The van der Waals surface area contributed by atoms with Gasteiger partial charge in [0.1, 0.15) is 31.2 Å². The summed E-state index contributed by atoms with van der Waals surface area (Å²) < 4.78 is 0. The number of aromatic nitrogens is 3. The van der Waals surface area contributed by atoms with Gasteiger partial charge in [-0.2, -0.15) is 15.0 Å². The van der Waals surface area contributed by atoms with Crippen LogP contribution in [0.5, 0.6) is 0 Å². The summed E-state index contributed by atoms with van der Waals surface area (Å²) >= 11 is 0. The van der Waals surface area contributed by atoms with Gasteiger partial charge in [0.05, 0.1) is 13.2 Å². The number of nitrogen functional groups attached to an aromatic ring is 3. The molecule has 13 heteroatoms. The van der Waals surface area contributed by atoms with E-state index < -0.39 is 37.6 Å². The SMILES string of the molecule is C=O.Nc1nc(N)nc(N)n1.OC[C@@H](O)[C@@H](O)[C@H](O)[C@@H](O)CO. The molecule has 134 valence electrons. The zero-order valence-electron chi connectivity index (χ0n) is 12.1. The van der Waals surface area contributed by atoms with Crippen molar-refractivity contribution in [2.24, 2.45) is 0 Å². The first-order chi connectivity index (χ1) is 10.7. The van der Waals surface area contributed by atoms with Gasteiger partial charge in [0.2, 0.25) is 17.8 Å². The number of hydrogen-bond donors (Lipinski definition) is 9. The normalized spacial score (nSPS) is 15.0. The highest BCUT2D eigenvalue weighted by molar-refractivity contribution is 5.33. The van der Waals surface area contributed by atoms with Crippen molar-refractivity contribution >= 4 is 24.6 Å². The minimum absolute atomic E-state index is 0.0417. The second-order valence-electron chi connectivity index (χ2n) is 3.89. The first kappa shape index (κ1) is 23.1. The maximum atomic E-state index is 8.96. The third kappa shape index (κ3) is 9.46. The van der Waals surface area contributed by atoms with Gasteiger partial charge in [-0.15, -0.1) is 0 Å². The number of aliphatic hydroxyl groups is 6. The molecular formula is C10H22N6O7. The van der Waals surface area contributed by atoms with Gasteiger partial charge < -0.3 is 52.6 Å². The van der Waals surface area contributed by atoms with Crippen molar-refractivity contribution in [3.05, 3.63) is 0 Å². The molecule has 0 radical (unpaired) electrons. The molecular weight excluding hydrogens is 316 g/mol. The molecule has 0 unspecified atom stereocenters. The van der Waals surface area contributed by atoms with Crippen LogP contribution in [0.2, 0.25) is 0 Å². The molecule has 0 aliphatic carbocycles. The fourth-order valence-corrected chi connectivity index (χ4v) is 1.10. The van der Waals surface area contributed by atoms with E-state index in [2.05, 4.69) is 15.0 Å². The summed E-state index contributed by atoms with van der Waals surface area (Å²) in [6.45, 7) is 0.548. The molecule has 12 N–H and O–H groups in total. The lowest BCUT2D eigenvalue weighted by Crippen LogP contribution is -2.46. The number of carbonyl (C=O) groups excluding carboxylic acids is 1. The van der Waals surface area contributed by atoms with Crippen LogP contribution in [0.4, 0.5) is 17.8 Å². The summed E-state index contributed by atoms with van der Waals surface area (Å²) in [7, 11) is 0. The van der Waals surface area contributed by atoms with Crippen LogP contribution < -0.4 is 17.2 Å². The molecule has 1 aromatic heterocycles. The average molecular weight is 338 g/mol. The van der Waals surface area contributed by atoms with Gasteiger partial charge in [0.15, 0.2) is 0 Å². The lowest BCUT2D eigenvalue weighted by molar-refractivity contribution is -0.123. The zero-order chi connectivity index (χ0) is 18.6. The van der Waals surface area contributed by atoms with Crippen molar-refractivity contribution in [1.82, 2.24) is 15.0 Å². The van der Waals surface area contributed by atoms with Crippen molar-refractivity contribution < 1.29 is 35.4 Å². The largest absolute Gasteiger partial charge is 0.394 e. The standard InChI is InChI=1S/C6H14O6.C3H6N6.CH2O/c7-1-3(9)5(11)6(12)4(10)2-8;4-1-7-2(5)9-3(6)8-1;1-2/h3-12H,1-2H2;(H6,4,5,6,7,8,9);1H2/t3-,4+,5-,6-;;/m1../s1. The van der Waals surface area contributed by atoms with E-state index in [0.717, 1.165) is 0 Å². The smallest absolute Gasteiger partial charge is 0.226 e. The number of hydrogen-bond acceptors (Lipinski definition) is 13. The van der Waals surface area contributed by atoms with Crippen molar-refractivity contribution in [3.8, 4) is 0 Å². The number of rotatable bonds is 5. The molecule has 1 aromatic rings. The Balaban J connectivity index is 0. The van der Waals surface area contributed by atoms with E-state index in [-0.39, 0.29) is 17.8 Å². The third-order valence-corrected chi connectivity index (χ3v) is 2.20. The van der Waals surface area contributed by atoms with E-state index in [1.807, 2.05) is 6.79 Å². The number of anilines is 3. The molecule has 0 saturated carbocycles. The third-order valence-electron chi connectivity index (χ3n) is 2.20. The van der Waals surface area contributed by atoms with Crippen molar-refractivity contribution in [2.75, 3.05) is 30.4 Å². The number of aliphatic hydroxyl groups excluding tert-OH is 6. The van der Waals surface area contributed by atoms with Gasteiger partial charge >= 0.3 is 0 Å². The van der Waals surface area contributed by atoms with E-state index in [9.17, 15) is 0 Å². The summed E-state index contributed by atoms with van der Waals surface area (Å²) in [4.78, 5) is 18.5. The molecule has 0 saturated heterocycles. The fraction of sp³-hybridized carbons (Fsp3) is 0.600. The fourth-order valence-electron chi connectivity index (χ4n) is 1.10. The Kier molecular flexibility index (Phi) is 12.5. The summed E-state index contributed by atoms with van der Waals surface area (Å²) in [6, 6.07) is 0. The minimum atomic E-state index is -1.67. The highest BCUT2D eigenvalue weighted by Crippen LogP contribution is 2.04. The zero-order valence-corrected chi connectivity index (χ0v) is 12.1. The molecule has 0 aromatic carbocycles. The van der Waals surface area contributed by atoms with Gasteiger partial charge in [0.25, 0.3) is 0 Å². The van der Waals surface area contributed by atoms with Crippen molar-refractivity contribution in [1.29, 1.82) is 0 Å². The first-order valence-electron chi connectivity index (χ1n) is 5.98. The van der Waals surface area contributed by atoms with Gasteiger partial charge in [0, 0.05) is 0 Å². The second kappa shape index (κ2) is 12.4. The van der Waals surface area contributed by atoms with E-state index in [1.54, 1.807) is 0 Å². The second-order valence-corrected chi connectivity index (χ2v) is 3.89. The first-order valence-corrected chi connectivity index (χ1v) is 5.98. The molecule has 0 fully saturated rings. The Hall–Kier alpha value is -2.16. The Bertz CT molecular complexity index is 376. The van der Waals surface area contributed by atoms with E-state index in [0.29, 0.717) is 0 Å². The quantitative estimate of drug-likeness (QED) is 0.243. The molecule has 0 aliphatic heterocycles. The lowest BCUT2D eigenvalue weighted by atomic mass is 10.0. The van der Waals surface area contributed by atoms with Gasteiger partial charge in [-0.1, -0.05) is 0 Å².